The number of aromatic nitrogens is 1. The van der Waals surface area contributed by atoms with Crippen molar-refractivity contribution in [3.05, 3.63) is 59.5 Å². The highest BCUT2D eigenvalue weighted by molar-refractivity contribution is 7.14. The number of nitrogens with one attached hydrogen (secondary N) is 1. The van der Waals surface area contributed by atoms with Gasteiger partial charge >= 0.3 is 0 Å². The lowest BCUT2D eigenvalue weighted by Crippen LogP contribution is -2.38. The summed E-state index contributed by atoms with van der Waals surface area (Å²) in [6, 6.07) is 15.7. The quantitative estimate of drug-likeness (QED) is 0.428. The molecule has 1 aliphatic carbocycles. The molecule has 34 heavy (non-hydrogen) atoms. The lowest BCUT2D eigenvalue weighted by Gasteiger charge is -2.22. The molecule has 1 heterocycles. The van der Waals surface area contributed by atoms with Crippen LogP contribution in [-0.2, 0) is 16.0 Å². The molecule has 4 rings (SSSR count). The van der Waals surface area contributed by atoms with E-state index in [0.717, 1.165) is 30.5 Å². The molecule has 0 bridgehead atoms. The van der Waals surface area contributed by atoms with Crippen LogP contribution in [0.2, 0.25) is 0 Å². The van der Waals surface area contributed by atoms with Crippen LogP contribution in [-0.4, -0.2) is 48.0 Å². The maximum absolute atomic E-state index is 12.8. The molecule has 0 unspecified atom stereocenters. The number of hydrogen-bond donors (Lipinski definition) is 1. The molecule has 178 valence electrons. The molecule has 3 aromatic rings. The molecule has 0 aliphatic heterocycles. The largest absolute Gasteiger partial charge is 0.493 e. The Labute approximate surface area is 203 Å². The third-order valence-electron chi connectivity index (χ3n) is 5.72. The third kappa shape index (κ3) is 6.14. The van der Waals surface area contributed by atoms with Gasteiger partial charge in [-0.05, 0) is 37.0 Å². The van der Waals surface area contributed by atoms with Crippen LogP contribution in [0.15, 0.2) is 53.9 Å². The summed E-state index contributed by atoms with van der Waals surface area (Å²) in [5, 5.41) is 5.36. The molecule has 1 N–H and O–H groups in total. The number of carbonyl (C=O) groups is 2. The summed E-state index contributed by atoms with van der Waals surface area (Å²) >= 11 is 1.40. The Kier molecular flexibility index (Phi) is 7.80. The number of anilines is 1. The maximum Gasteiger partial charge on any atom is 0.260 e. The summed E-state index contributed by atoms with van der Waals surface area (Å²) in [7, 11) is 1.56. The summed E-state index contributed by atoms with van der Waals surface area (Å²) < 4.78 is 11.0. The predicted octanol–water partition coefficient (Wildman–Crippen LogP) is 4.78. The van der Waals surface area contributed by atoms with Crippen LogP contribution in [0.3, 0.4) is 0 Å². The first-order valence-electron chi connectivity index (χ1n) is 11.5. The molecule has 1 aromatic heterocycles. The van der Waals surface area contributed by atoms with E-state index in [4.69, 9.17) is 9.47 Å². The van der Waals surface area contributed by atoms with E-state index in [9.17, 15) is 9.59 Å². The van der Waals surface area contributed by atoms with Crippen molar-refractivity contribution in [1.82, 2.24) is 9.88 Å². The standard InChI is InChI=1S/C26H29N3O4S/c1-3-18-8-10-19(11-9-18)21-17-34-26(27-21)28-24(30)14-15-29(20-12-13-20)25(31)16-33-23-7-5-4-6-22(23)32-2/h4-11,17,20H,3,12-16H2,1-2H3,(H,27,28,30). The average Bonchev–Trinajstić information content (AvgIpc) is 3.60. The highest BCUT2D eigenvalue weighted by Crippen LogP contribution is 2.29. The van der Waals surface area contributed by atoms with E-state index in [-0.39, 0.29) is 30.9 Å². The first-order valence-corrected chi connectivity index (χ1v) is 12.3. The van der Waals surface area contributed by atoms with Gasteiger partial charge in [-0.1, -0.05) is 43.3 Å². The highest BCUT2D eigenvalue weighted by atomic mass is 32.1. The van der Waals surface area contributed by atoms with Crippen LogP contribution in [0, 0.1) is 0 Å². The van der Waals surface area contributed by atoms with Gasteiger partial charge in [-0.15, -0.1) is 11.3 Å². The molecule has 2 aromatic carbocycles. The minimum Gasteiger partial charge on any atom is -0.493 e. The van der Waals surface area contributed by atoms with Gasteiger partial charge in [0, 0.05) is 30.0 Å². The van der Waals surface area contributed by atoms with Gasteiger partial charge in [-0.25, -0.2) is 4.98 Å². The van der Waals surface area contributed by atoms with Crippen LogP contribution >= 0.6 is 11.3 Å². The van der Waals surface area contributed by atoms with Crippen LogP contribution in [0.1, 0.15) is 31.7 Å². The van der Waals surface area contributed by atoms with Crippen LogP contribution in [0.5, 0.6) is 11.5 Å². The number of benzene rings is 2. The molecule has 1 fully saturated rings. The zero-order valence-electron chi connectivity index (χ0n) is 19.5. The van der Waals surface area contributed by atoms with Gasteiger partial charge in [0.1, 0.15) is 0 Å². The molecule has 0 saturated heterocycles. The second kappa shape index (κ2) is 11.2. The minimum atomic E-state index is -0.161. The van der Waals surface area contributed by atoms with E-state index in [1.54, 1.807) is 24.1 Å². The molecular formula is C26H29N3O4S. The lowest BCUT2D eigenvalue weighted by molar-refractivity contribution is -0.134. The average molecular weight is 480 g/mol. The van der Waals surface area contributed by atoms with Crippen molar-refractivity contribution >= 4 is 28.3 Å². The fourth-order valence-electron chi connectivity index (χ4n) is 3.64. The Morgan fingerprint density at radius 3 is 2.53 bits per heavy atom. The van der Waals surface area contributed by atoms with Crippen molar-refractivity contribution in [2.75, 3.05) is 25.6 Å². The van der Waals surface area contributed by atoms with Crippen molar-refractivity contribution in [2.24, 2.45) is 0 Å². The Bertz CT molecular complexity index is 1130. The van der Waals surface area contributed by atoms with Gasteiger partial charge < -0.3 is 19.7 Å². The van der Waals surface area contributed by atoms with E-state index < -0.39 is 0 Å². The highest BCUT2D eigenvalue weighted by Gasteiger charge is 2.33. The number of ether oxygens (including phenoxy) is 2. The summed E-state index contributed by atoms with van der Waals surface area (Å²) in [6.45, 7) is 2.38. The Morgan fingerprint density at radius 2 is 1.85 bits per heavy atom. The van der Waals surface area contributed by atoms with Gasteiger partial charge in [0.15, 0.2) is 23.2 Å². The third-order valence-corrected chi connectivity index (χ3v) is 6.47. The van der Waals surface area contributed by atoms with E-state index in [1.165, 1.54) is 16.9 Å². The van der Waals surface area contributed by atoms with Gasteiger partial charge in [-0.2, -0.15) is 0 Å². The topological polar surface area (TPSA) is 80.8 Å². The normalized spacial score (nSPS) is 12.8. The smallest absolute Gasteiger partial charge is 0.260 e. The number of hydrogen-bond acceptors (Lipinski definition) is 6. The summed E-state index contributed by atoms with van der Waals surface area (Å²) in [4.78, 5) is 31.6. The summed E-state index contributed by atoms with van der Waals surface area (Å²) in [5.74, 6) is 0.812. The Morgan fingerprint density at radius 1 is 1.12 bits per heavy atom. The van der Waals surface area contributed by atoms with Crippen molar-refractivity contribution in [1.29, 1.82) is 0 Å². The van der Waals surface area contributed by atoms with Gasteiger partial charge in [0.2, 0.25) is 5.91 Å². The molecular weight excluding hydrogens is 450 g/mol. The predicted molar refractivity (Wildman–Crippen MR) is 133 cm³/mol. The molecule has 0 radical (unpaired) electrons. The number of rotatable bonds is 11. The number of thiazole rings is 1. The van der Waals surface area contributed by atoms with E-state index in [2.05, 4.69) is 29.4 Å². The number of aryl methyl sites for hydroxylation is 1. The van der Waals surface area contributed by atoms with Gasteiger partial charge in [-0.3, -0.25) is 9.59 Å². The molecule has 7 nitrogen and oxygen atoms in total. The number of amides is 2. The first-order chi connectivity index (χ1) is 16.6. The van der Waals surface area contributed by atoms with Crippen LogP contribution in [0.25, 0.3) is 11.3 Å². The van der Waals surface area contributed by atoms with Crippen molar-refractivity contribution in [3.63, 3.8) is 0 Å². The zero-order chi connectivity index (χ0) is 23.9. The van der Waals surface area contributed by atoms with Crippen LogP contribution in [0.4, 0.5) is 5.13 Å². The summed E-state index contributed by atoms with van der Waals surface area (Å²) in [5.41, 5.74) is 3.14. The van der Waals surface area contributed by atoms with Crippen LogP contribution < -0.4 is 14.8 Å². The molecule has 8 heteroatoms. The molecule has 1 aliphatic rings. The number of methoxy groups -OCH3 is 1. The fourth-order valence-corrected chi connectivity index (χ4v) is 4.37. The zero-order valence-corrected chi connectivity index (χ0v) is 20.3. The molecule has 0 spiro atoms. The lowest BCUT2D eigenvalue weighted by atomic mass is 10.1. The van der Waals surface area contributed by atoms with Crippen molar-refractivity contribution in [3.8, 4) is 22.8 Å². The molecule has 0 atom stereocenters. The number of nitrogens with zero attached hydrogens (tertiary/aromatic N) is 2. The molecule has 1 saturated carbocycles. The SMILES string of the molecule is CCc1ccc(-c2csc(NC(=O)CCN(C(=O)COc3ccccc3OC)C3CC3)n2)cc1. The van der Waals surface area contributed by atoms with Crippen molar-refractivity contribution in [2.45, 2.75) is 38.6 Å². The fraction of sp³-hybridized carbons (Fsp3) is 0.346. The monoisotopic (exact) mass is 479 g/mol. The van der Waals surface area contributed by atoms with Gasteiger partial charge in [0.25, 0.3) is 5.91 Å². The minimum absolute atomic E-state index is 0.0921. The Hall–Kier alpha value is -3.39. The van der Waals surface area contributed by atoms with Gasteiger partial charge in [0.05, 0.1) is 12.8 Å². The first kappa shape index (κ1) is 23.8. The molecule has 2 amide bonds. The number of para-hydroxylation sites is 2. The number of carbonyl (C=O) groups excluding carboxylic acids is 2. The maximum atomic E-state index is 12.8. The summed E-state index contributed by atoms with van der Waals surface area (Å²) in [6.07, 6.45) is 3.10. The second-order valence-corrected chi connectivity index (χ2v) is 9.00. The Balaban J connectivity index is 1.28. The van der Waals surface area contributed by atoms with E-state index in [0.29, 0.717) is 23.2 Å². The van der Waals surface area contributed by atoms with E-state index in [1.807, 2.05) is 29.6 Å². The van der Waals surface area contributed by atoms with E-state index >= 15 is 0 Å². The second-order valence-electron chi connectivity index (χ2n) is 8.14. The van der Waals surface area contributed by atoms with Crippen molar-refractivity contribution < 1.29 is 19.1 Å².